The van der Waals surface area contributed by atoms with Crippen LogP contribution in [0.5, 0.6) is 0 Å². The molecule has 0 aromatic carbocycles. The number of pyridine rings is 1. The predicted molar refractivity (Wildman–Crippen MR) is 68.1 cm³/mol. The van der Waals surface area contributed by atoms with Crippen LogP contribution in [0.25, 0.3) is 0 Å². The summed E-state index contributed by atoms with van der Waals surface area (Å²) in [6.45, 7) is 2.66. The van der Waals surface area contributed by atoms with E-state index in [0.717, 1.165) is 12.8 Å². The van der Waals surface area contributed by atoms with Crippen LogP contribution in [0.3, 0.4) is 0 Å². The van der Waals surface area contributed by atoms with Gasteiger partial charge in [0.25, 0.3) is 11.7 Å². The van der Waals surface area contributed by atoms with Gasteiger partial charge in [0.2, 0.25) is 0 Å². The van der Waals surface area contributed by atoms with Gasteiger partial charge < -0.3 is 4.90 Å². The van der Waals surface area contributed by atoms with E-state index in [0.29, 0.717) is 13.1 Å². The van der Waals surface area contributed by atoms with Crippen LogP contribution in [0.15, 0.2) is 24.5 Å². The molecule has 1 atom stereocenters. The summed E-state index contributed by atoms with van der Waals surface area (Å²) >= 11 is 0. The highest BCUT2D eigenvalue weighted by Gasteiger charge is 2.35. The zero-order valence-electron chi connectivity index (χ0n) is 10.8. The van der Waals surface area contributed by atoms with Gasteiger partial charge in [-0.3, -0.25) is 14.6 Å². The summed E-state index contributed by atoms with van der Waals surface area (Å²) in [5.74, 6) is -1.11. The van der Waals surface area contributed by atoms with E-state index in [-0.39, 0.29) is 5.56 Å². The molecule has 1 amide bonds. The summed E-state index contributed by atoms with van der Waals surface area (Å²) in [6, 6.07) is 5.42. The normalized spacial score (nSPS) is 22.6. The number of nitriles is 1. The van der Waals surface area contributed by atoms with Crippen LogP contribution in [0, 0.1) is 16.7 Å². The topological polar surface area (TPSA) is 74.1 Å². The Morgan fingerprint density at radius 2 is 2.32 bits per heavy atom. The second-order valence-corrected chi connectivity index (χ2v) is 5.07. The molecule has 2 rings (SSSR count). The molecule has 0 bridgehead atoms. The lowest BCUT2D eigenvalue weighted by atomic mass is 9.83. The Bertz CT molecular complexity index is 535. The van der Waals surface area contributed by atoms with E-state index in [4.69, 9.17) is 5.26 Å². The SMILES string of the molecule is CC1(C#N)CCCN(C(=O)C(=O)c2cccnc2)C1. The Kier molecular flexibility index (Phi) is 3.61. The van der Waals surface area contributed by atoms with Crippen LogP contribution in [0.1, 0.15) is 30.1 Å². The number of hydrogen-bond donors (Lipinski definition) is 0. The monoisotopic (exact) mass is 257 g/mol. The molecule has 0 saturated carbocycles. The minimum Gasteiger partial charge on any atom is -0.334 e. The molecule has 98 valence electrons. The third-order valence-electron chi connectivity index (χ3n) is 3.37. The number of Topliss-reactive ketones (excluding diaryl/α,β-unsaturated/α-hetero) is 1. The molecule has 1 saturated heterocycles. The first kappa shape index (κ1) is 13.2. The van der Waals surface area contributed by atoms with E-state index >= 15 is 0 Å². The Balaban J connectivity index is 2.12. The van der Waals surface area contributed by atoms with Gasteiger partial charge in [-0.05, 0) is 31.9 Å². The molecule has 5 nitrogen and oxygen atoms in total. The summed E-state index contributed by atoms with van der Waals surface area (Å²) in [5.41, 5.74) is -0.264. The molecule has 2 heterocycles. The smallest absolute Gasteiger partial charge is 0.295 e. The number of carbonyl (C=O) groups excluding carboxylic acids is 2. The molecule has 0 spiro atoms. The van der Waals surface area contributed by atoms with Crippen LogP contribution in [-0.4, -0.2) is 34.7 Å². The summed E-state index contributed by atoms with van der Waals surface area (Å²) in [6.07, 6.45) is 4.44. The number of likely N-dealkylation sites (tertiary alicyclic amines) is 1. The van der Waals surface area contributed by atoms with Crippen molar-refractivity contribution in [2.45, 2.75) is 19.8 Å². The van der Waals surface area contributed by atoms with Gasteiger partial charge >= 0.3 is 0 Å². The van der Waals surface area contributed by atoms with Gasteiger partial charge in [0, 0.05) is 31.0 Å². The first-order chi connectivity index (χ1) is 9.06. The number of hydrogen-bond acceptors (Lipinski definition) is 4. The molecule has 19 heavy (non-hydrogen) atoms. The maximum atomic E-state index is 12.1. The summed E-state index contributed by atoms with van der Waals surface area (Å²) in [7, 11) is 0. The van der Waals surface area contributed by atoms with Crippen LogP contribution in [0.2, 0.25) is 0 Å². The molecule has 0 N–H and O–H groups in total. The Hall–Kier alpha value is -2.22. The van der Waals surface area contributed by atoms with Gasteiger partial charge in [0.05, 0.1) is 11.5 Å². The fourth-order valence-corrected chi connectivity index (χ4v) is 2.27. The first-order valence-electron chi connectivity index (χ1n) is 6.21. The Morgan fingerprint density at radius 3 is 2.95 bits per heavy atom. The fraction of sp³-hybridized carbons (Fsp3) is 0.429. The highest BCUT2D eigenvalue weighted by molar-refractivity contribution is 6.42. The van der Waals surface area contributed by atoms with E-state index in [2.05, 4.69) is 11.1 Å². The third kappa shape index (κ3) is 2.79. The average Bonchev–Trinajstić information content (AvgIpc) is 2.46. The van der Waals surface area contributed by atoms with Gasteiger partial charge in [-0.25, -0.2) is 0 Å². The summed E-state index contributed by atoms with van der Waals surface area (Å²) in [4.78, 5) is 29.5. The van der Waals surface area contributed by atoms with E-state index in [1.165, 1.54) is 11.1 Å². The van der Waals surface area contributed by atoms with E-state index in [9.17, 15) is 9.59 Å². The quantitative estimate of drug-likeness (QED) is 0.593. The Labute approximate surface area is 111 Å². The minimum atomic E-state index is -0.560. The fourth-order valence-electron chi connectivity index (χ4n) is 2.27. The number of nitrogens with zero attached hydrogens (tertiary/aromatic N) is 3. The molecule has 1 aliphatic rings. The number of rotatable bonds is 2. The Morgan fingerprint density at radius 1 is 1.53 bits per heavy atom. The molecular weight excluding hydrogens is 242 g/mol. The van der Waals surface area contributed by atoms with Gasteiger partial charge in [-0.15, -0.1) is 0 Å². The zero-order valence-corrected chi connectivity index (χ0v) is 10.8. The summed E-state index contributed by atoms with van der Waals surface area (Å²) < 4.78 is 0. The van der Waals surface area contributed by atoms with Crippen LogP contribution < -0.4 is 0 Å². The van der Waals surface area contributed by atoms with Crippen molar-refractivity contribution in [3.05, 3.63) is 30.1 Å². The molecule has 0 radical (unpaired) electrons. The highest BCUT2D eigenvalue weighted by Crippen LogP contribution is 2.28. The highest BCUT2D eigenvalue weighted by atomic mass is 16.2. The third-order valence-corrected chi connectivity index (χ3v) is 3.37. The lowest BCUT2D eigenvalue weighted by molar-refractivity contribution is -0.128. The molecule has 1 aromatic heterocycles. The number of piperidine rings is 1. The second-order valence-electron chi connectivity index (χ2n) is 5.07. The number of ketones is 1. The number of carbonyl (C=O) groups is 2. The van der Waals surface area contributed by atoms with Crippen molar-refractivity contribution in [2.75, 3.05) is 13.1 Å². The van der Waals surface area contributed by atoms with Crippen molar-refractivity contribution in [1.29, 1.82) is 5.26 Å². The minimum absolute atomic E-state index is 0.289. The zero-order chi connectivity index (χ0) is 13.9. The van der Waals surface area contributed by atoms with Crippen LogP contribution in [0.4, 0.5) is 0 Å². The van der Waals surface area contributed by atoms with Gasteiger partial charge in [0.1, 0.15) is 0 Å². The molecular formula is C14H15N3O2. The van der Waals surface area contributed by atoms with Crippen molar-refractivity contribution in [1.82, 2.24) is 9.88 Å². The maximum Gasteiger partial charge on any atom is 0.295 e. The van der Waals surface area contributed by atoms with Crippen molar-refractivity contribution < 1.29 is 9.59 Å². The van der Waals surface area contributed by atoms with E-state index < -0.39 is 17.1 Å². The maximum absolute atomic E-state index is 12.1. The second kappa shape index (κ2) is 5.19. The molecule has 1 unspecified atom stereocenters. The van der Waals surface area contributed by atoms with E-state index in [1.54, 1.807) is 18.3 Å². The molecule has 1 fully saturated rings. The van der Waals surface area contributed by atoms with Gasteiger partial charge in [-0.2, -0.15) is 5.26 Å². The summed E-state index contributed by atoms with van der Waals surface area (Å²) in [5, 5.41) is 9.12. The molecule has 1 aromatic rings. The lowest BCUT2D eigenvalue weighted by Crippen LogP contribution is -2.46. The first-order valence-corrected chi connectivity index (χ1v) is 6.21. The number of aromatic nitrogens is 1. The number of amides is 1. The van der Waals surface area contributed by atoms with Gasteiger partial charge in [0.15, 0.2) is 0 Å². The predicted octanol–water partition coefficient (Wildman–Crippen LogP) is 1.42. The van der Waals surface area contributed by atoms with Crippen molar-refractivity contribution in [3.63, 3.8) is 0 Å². The average molecular weight is 257 g/mol. The van der Waals surface area contributed by atoms with E-state index in [1.807, 2.05) is 6.92 Å². The molecule has 1 aliphatic heterocycles. The lowest BCUT2D eigenvalue weighted by Gasteiger charge is -2.35. The van der Waals surface area contributed by atoms with Crippen molar-refractivity contribution in [3.8, 4) is 6.07 Å². The largest absolute Gasteiger partial charge is 0.334 e. The van der Waals surface area contributed by atoms with Crippen molar-refractivity contribution in [2.24, 2.45) is 5.41 Å². The van der Waals surface area contributed by atoms with Crippen LogP contribution >= 0.6 is 0 Å². The van der Waals surface area contributed by atoms with Gasteiger partial charge in [-0.1, -0.05) is 0 Å². The standard InChI is InChI=1S/C14H15N3O2/c1-14(9-15)5-3-7-17(10-14)13(19)12(18)11-4-2-6-16-8-11/h2,4,6,8H,3,5,7,10H2,1H3. The van der Waals surface area contributed by atoms with Crippen molar-refractivity contribution >= 4 is 11.7 Å². The molecule has 5 heteroatoms. The molecule has 0 aliphatic carbocycles. The van der Waals surface area contributed by atoms with Crippen LogP contribution in [-0.2, 0) is 4.79 Å².